The van der Waals surface area contributed by atoms with E-state index < -0.39 is 11.2 Å². The lowest BCUT2D eigenvalue weighted by Gasteiger charge is -2.11. The number of benzene rings is 1. The maximum Gasteiger partial charge on any atom is 0.328 e. The van der Waals surface area contributed by atoms with Gasteiger partial charge in [0.05, 0.1) is 44.9 Å². The van der Waals surface area contributed by atoms with E-state index in [2.05, 4.69) is 11.6 Å². The van der Waals surface area contributed by atoms with Gasteiger partial charge in [0.15, 0.2) is 11.5 Å². The van der Waals surface area contributed by atoms with Crippen LogP contribution in [-0.2, 0) is 11.3 Å². The summed E-state index contributed by atoms with van der Waals surface area (Å²) in [4.78, 5) is 27.3. The van der Waals surface area contributed by atoms with Crippen molar-refractivity contribution >= 4 is 10.9 Å². The van der Waals surface area contributed by atoms with E-state index in [0.717, 1.165) is 10.1 Å². The number of hydrogen-bond donors (Lipinski definition) is 1. The van der Waals surface area contributed by atoms with Gasteiger partial charge in [-0.1, -0.05) is 12.2 Å². The van der Waals surface area contributed by atoms with Crippen LogP contribution >= 0.6 is 0 Å². The van der Waals surface area contributed by atoms with E-state index in [4.69, 9.17) is 14.2 Å². The zero-order chi connectivity index (χ0) is 17.0. The molecule has 2 rings (SSSR count). The smallest absolute Gasteiger partial charge is 0.328 e. The minimum Gasteiger partial charge on any atom is -0.493 e. The fraction of sp³-hybridized carbons (Fsp3) is 0.375. The van der Waals surface area contributed by atoms with Crippen molar-refractivity contribution in [3.8, 4) is 11.5 Å². The first-order valence-corrected chi connectivity index (χ1v) is 7.09. The van der Waals surface area contributed by atoms with Crippen LogP contribution in [0, 0.1) is 0 Å². The molecule has 7 nitrogen and oxygen atoms in total. The molecule has 0 saturated carbocycles. The second kappa shape index (κ2) is 7.15. The number of aromatic amines is 1. The van der Waals surface area contributed by atoms with Crippen LogP contribution in [0.5, 0.6) is 11.5 Å². The van der Waals surface area contributed by atoms with Crippen molar-refractivity contribution in [2.45, 2.75) is 13.5 Å². The Balaban J connectivity index is 2.41. The number of nitrogens with zero attached hydrogens (tertiary/aromatic N) is 1. The van der Waals surface area contributed by atoms with E-state index >= 15 is 0 Å². The van der Waals surface area contributed by atoms with Gasteiger partial charge in [-0.05, 0) is 13.0 Å². The predicted molar refractivity (Wildman–Crippen MR) is 87.6 cm³/mol. The fourth-order valence-corrected chi connectivity index (χ4v) is 2.18. The van der Waals surface area contributed by atoms with Crippen LogP contribution in [-0.4, -0.2) is 37.0 Å². The second-order valence-corrected chi connectivity index (χ2v) is 5.15. The zero-order valence-electron chi connectivity index (χ0n) is 13.5. The van der Waals surface area contributed by atoms with E-state index in [9.17, 15) is 9.59 Å². The second-order valence-electron chi connectivity index (χ2n) is 5.15. The molecule has 0 radical (unpaired) electrons. The van der Waals surface area contributed by atoms with E-state index in [1.54, 1.807) is 12.1 Å². The summed E-state index contributed by atoms with van der Waals surface area (Å²) in [5.74, 6) is 0.867. The molecule has 0 aliphatic rings. The van der Waals surface area contributed by atoms with Crippen LogP contribution in [0.1, 0.15) is 6.92 Å². The Kier molecular flexibility index (Phi) is 5.23. The third-order valence-electron chi connectivity index (χ3n) is 3.29. The highest BCUT2D eigenvalue weighted by Crippen LogP contribution is 2.29. The first kappa shape index (κ1) is 16.8. The largest absolute Gasteiger partial charge is 0.493 e. The van der Waals surface area contributed by atoms with Crippen LogP contribution in [0.2, 0.25) is 0 Å². The molecule has 23 heavy (non-hydrogen) atoms. The van der Waals surface area contributed by atoms with Crippen molar-refractivity contribution in [1.82, 2.24) is 9.55 Å². The molecule has 0 unspecified atom stereocenters. The molecule has 0 bridgehead atoms. The molecule has 2 aromatic rings. The van der Waals surface area contributed by atoms with E-state index in [1.165, 1.54) is 14.2 Å². The number of ether oxygens (including phenoxy) is 3. The van der Waals surface area contributed by atoms with E-state index in [0.29, 0.717) is 29.0 Å². The lowest BCUT2D eigenvalue weighted by atomic mass is 10.2. The van der Waals surface area contributed by atoms with Gasteiger partial charge in [-0.2, -0.15) is 0 Å². The SMILES string of the molecule is C=C(C)COCCn1c(=O)[nH]c2cc(OC)c(OC)cc2c1=O. The van der Waals surface area contributed by atoms with Crippen molar-refractivity contribution in [3.63, 3.8) is 0 Å². The number of hydrogen-bond acceptors (Lipinski definition) is 5. The Morgan fingerprint density at radius 2 is 1.87 bits per heavy atom. The number of nitrogens with one attached hydrogen (secondary N) is 1. The summed E-state index contributed by atoms with van der Waals surface area (Å²) in [5, 5.41) is 0.349. The lowest BCUT2D eigenvalue weighted by molar-refractivity contribution is 0.145. The summed E-state index contributed by atoms with van der Waals surface area (Å²) in [6.07, 6.45) is 0. The molecule has 7 heteroatoms. The predicted octanol–water partition coefficient (Wildman–Crippen LogP) is 1.30. The van der Waals surface area contributed by atoms with Crippen molar-refractivity contribution in [2.24, 2.45) is 0 Å². The molecule has 0 aliphatic heterocycles. The van der Waals surface area contributed by atoms with Gasteiger partial charge < -0.3 is 19.2 Å². The van der Waals surface area contributed by atoms with Gasteiger partial charge in [-0.3, -0.25) is 9.36 Å². The monoisotopic (exact) mass is 320 g/mol. The molecule has 1 aromatic carbocycles. The Bertz CT molecular complexity index is 835. The topological polar surface area (TPSA) is 82.6 Å². The van der Waals surface area contributed by atoms with Crippen LogP contribution < -0.4 is 20.7 Å². The Morgan fingerprint density at radius 1 is 1.22 bits per heavy atom. The maximum absolute atomic E-state index is 12.5. The minimum absolute atomic E-state index is 0.158. The number of H-pyrrole nitrogens is 1. The van der Waals surface area contributed by atoms with Gasteiger partial charge >= 0.3 is 5.69 Å². The van der Waals surface area contributed by atoms with Crippen LogP contribution in [0.25, 0.3) is 10.9 Å². The van der Waals surface area contributed by atoms with Gasteiger partial charge in [0.25, 0.3) is 5.56 Å². The highest BCUT2D eigenvalue weighted by molar-refractivity contribution is 5.81. The molecule has 0 spiro atoms. The zero-order valence-corrected chi connectivity index (χ0v) is 13.5. The Labute approximate surface area is 133 Å². The lowest BCUT2D eigenvalue weighted by Crippen LogP contribution is -2.36. The standard InChI is InChI=1S/C16H20N2O5/c1-10(2)9-23-6-5-18-15(19)11-7-13(21-3)14(22-4)8-12(11)17-16(18)20/h7-8H,1,5-6,9H2,2-4H3,(H,17,20). The van der Waals surface area contributed by atoms with Gasteiger partial charge in [0.2, 0.25) is 0 Å². The third kappa shape index (κ3) is 3.62. The van der Waals surface area contributed by atoms with Crippen LogP contribution in [0.15, 0.2) is 33.9 Å². The van der Waals surface area contributed by atoms with Crippen molar-refractivity contribution in [1.29, 1.82) is 0 Å². The minimum atomic E-state index is -0.492. The summed E-state index contributed by atoms with van der Waals surface area (Å²) >= 11 is 0. The molecule has 0 fully saturated rings. The van der Waals surface area contributed by atoms with Crippen molar-refractivity contribution in [2.75, 3.05) is 27.4 Å². The number of methoxy groups -OCH3 is 2. The molecule has 1 aromatic heterocycles. The van der Waals surface area contributed by atoms with Gasteiger partial charge in [-0.15, -0.1) is 0 Å². The average molecular weight is 320 g/mol. The van der Waals surface area contributed by atoms with E-state index in [1.807, 2.05) is 6.92 Å². The average Bonchev–Trinajstić information content (AvgIpc) is 2.52. The van der Waals surface area contributed by atoms with Crippen molar-refractivity contribution < 1.29 is 14.2 Å². The molecule has 1 heterocycles. The maximum atomic E-state index is 12.5. The van der Waals surface area contributed by atoms with Gasteiger partial charge in [0, 0.05) is 6.07 Å². The molecule has 124 valence electrons. The van der Waals surface area contributed by atoms with Crippen molar-refractivity contribution in [3.05, 3.63) is 45.1 Å². The first-order valence-electron chi connectivity index (χ1n) is 7.09. The molecular formula is C16H20N2O5. The molecular weight excluding hydrogens is 300 g/mol. The number of rotatable bonds is 7. The van der Waals surface area contributed by atoms with Crippen LogP contribution in [0.4, 0.5) is 0 Å². The summed E-state index contributed by atoms with van der Waals surface area (Å²) in [7, 11) is 2.97. The van der Waals surface area contributed by atoms with E-state index in [-0.39, 0.29) is 13.2 Å². The molecule has 0 atom stereocenters. The van der Waals surface area contributed by atoms with Crippen LogP contribution in [0.3, 0.4) is 0 Å². The summed E-state index contributed by atoms with van der Waals surface area (Å²) in [6, 6.07) is 3.12. The molecule has 0 saturated heterocycles. The third-order valence-corrected chi connectivity index (χ3v) is 3.29. The van der Waals surface area contributed by atoms with Gasteiger partial charge in [0.1, 0.15) is 0 Å². The fourth-order valence-electron chi connectivity index (χ4n) is 2.18. The summed E-state index contributed by atoms with van der Waals surface area (Å²) in [6.45, 7) is 6.36. The van der Waals surface area contributed by atoms with Gasteiger partial charge in [-0.25, -0.2) is 4.79 Å². The summed E-state index contributed by atoms with van der Waals surface area (Å²) < 4.78 is 16.8. The number of aromatic nitrogens is 2. The normalized spacial score (nSPS) is 10.7. The molecule has 0 aliphatic carbocycles. The highest BCUT2D eigenvalue weighted by atomic mass is 16.5. The first-order chi connectivity index (χ1) is 11.0. The Hall–Kier alpha value is -2.54. The molecule has 0 amide bonds. The summed E-state index contributed by atoms with van der Waals surface area (Å²) in [5.41, 5.74) is 0.385. The Morgan fingerprint density at radius 3 is 2.48 bits per heavy atom. The number of fused-ring (bicyclic) bond motifs is 1. The highest BCUT2D eigenvalue weighted by Gasteiger charge is 2.12. The molecule has 1 N–H and O–H groups in total. The quantitative estimate of drug-likeness (QED) is 0.614.